The number of nitrogens with one attached hydrogen (secondary N) is 1. The minimum atomic E-state index is -1.37. The third kappa shape index (κ3) is 5.49. The lowest BCUT2D eigenvalue weighted by molar-refractivity contribution is -0.150. The minimum Gasteiger partial charge on any atom is -0.459 e. The number of benzene rings is 2. The molecule has 0 saturated carbocycles. The van der Waals surface area contributed by atoms with Crippen molar-refractivity contribution in [3.05, 3.63) is 84.4 Å². The van der Waals surface area contributed by atoms with Crippen molar-refractivity contribution in [3.8, 4) is 0 Å². The summed E-state index contributed by atoms with van der Waals surface area (Å²) in [7, 11) is 0. The molecule has 130 valence electrons. The Morgan fingerprint density at radius 2 is 1.44 bits per heavy atom. The highest BCUT2D eigenvalue weighted by molar-refractivity contribution is 5.87. The van der Waals surface area contributed by atoms with Crippen molar-refractivity contribution in [3.63, 3.8) is 0 Å². The van der Waals surface area contributed by atoms with Gasteiger partial charge in [0, 0.05) is 0 Å². The third-order valence-corrected chi connectivity index (χ3v) is 3.62. The highest BCUT2D eigenvalue weighted by Crippen LogP contribution is 2.12. The summed E-state index contributed by atoms with van der Waals surface area (Å²) < 4.78 is 10.4. The number of carbonyl (C=O) groups is 2. The lowest BCUT2D eigenvalue weighted by Crippen LogP contribution is -2.51. The molecular weight excluding hydrogens is 318 g/mol. The Morgan fingerprint density at radius 1 is 0.960 bits per heavy atom. The summed E-state index contributed by atoms with van der Waals surface area (Å²) in [5, 5.41) is 2.50. The Labute approximate surface area is 147 Å². The number of hydrogen-bond donors (Lipinski definition) is 1. The molecule has 0 aromatic heterocycles. The maximum atomic E-state index is 12.3. The predicted molar refractivity (Wildman–Crippen MR) is 94.6 cm³/mol. The van der Waals surface area contributed by atoms with Gasteiger partial charge in [-0.3, -0.25) is 0 Å². The molecule has 1 N–H and O–H groups in total. The molecule has 2 aromatic carbocycles. The van der Waals surface area contributed by atoms with Gasteiger partial charge in [0.05, 0.1) is 0 Å². The molecule has 0 unspecified atom stereocenters. The molecule has 0 spiro atoms. The molecule has 0 saturated heterocycles. The maximum absolute atomic E-state index is 12.3. The lowest BCUT2D eigenvalue weighted by Gasteiger charge is -2.24. The summed E-state index contributed by atoms with van der Waals surface area (Å²) in [6.45, 7) is 5.35. The van der Waals surface area contributed by atoms with Gasteiger partial charge < -0.3 is 14.8 Å². The van der Waals surface area contributed by atoms with Crippen LogP contribution in [0, 0.1) is 0 Å². The molecule has 0 bridgehead atoms. The first-order valence-corrected chi connectivity index (χ1v) is 7.87. The normalized spacial score (nSPS) is 12.5. The number of ether oxygens (including phenoxy) is 2. The summed E-state index contributed by atoms with van der Waals surface area (Å²) in [6, 6.07) is 18.5. The summed E-state index contributed by atoms with van der Waals surface area (Å²) in [5.41, 5.74) is 0.335. The van der Waals surface area contributed by atoms with Crippen LogP contribution in [-0.4, -0.2) is 17.6 Å². The number of rotatable bonds is 7. The van der Waals surface area contributed by atoms with E-state index in [0.29, 0.717) is 0 Å². The van der Waals surface area contributed by atoms with Gasteiger partial charge >= 0.3 is 12.1 Å². The van der Waals surface area contributed by atoms with Crippen molar-refractivity contribution >= 4 is 12.1 Å². The van der Waals surface area contributed by atoms with Gasteiger partial charge in [0.1, 0.15) is 13.2 Å². The first-order chi connectivity index (χ1) is 12.0. The number of hydrogen-bond acceptors (Lipinski definition) is 4. The van der Waals surface area contributed by atoms with E-state index >= 15 is 0 Å². The molecule has 0 aliphatic heterocycles. The Hall–Kier alpha value is -3.08. The quantitative estimate of drug-likeness (QED) is 0.618. The Bertz CT molecular complexity index is 715. The van der Waals surface area contributed by atoms with Crippen LogP contribution in [0.5, 0.6) is 0 Å². The van der Waals surface area contributed by atoms with Crippen LogP contribution in [-0.2, 0) is 27.5 Å². The van der Waals surface area contributed by atoms with Crippen LogP contribution in [0.25, 0.3) is 0 Å². The highest BCUT2D eigenvalue weighted by atomic mass is 16.6. The van der Waals surface area contributed by atoms with E-state index in [-0.39, 0.29) is 13.2 Å². The predicted octanol–water partition coefficient (Wildman–Crippen LogP) is 3.60. The summed E-state index contributed by atoms with van der Waals surface area (Å²) in [6.07, 6.45) is 0.604. The minimum absolute atomic E-state index is 0.110. The van der Waals surface area contributed by atoms with Crippen molar-refractivity contribution in [2.45, 2.75) is 25.7 Å². The zero-order valence-electron chi connectivity index (χ0n) is 14.1. The van der Waals surface area contributed by atoms with E-state index in [0.717, 1.165) is 11.1 Å². The van der Waals surface area contributed by atoms with Gasteiger partial charge in [-0.15, -0.1) is 6.58 Å². The molecule has 5 heteroatoms. The standard InChI is InChI=1S/C20H21NO4/c1-3-20(2,18(22)24-14-16-10-6-4-7-11-16)21-19(23)25-15-17-12-8-5-9-13-17/h3-13H,1,14-15H2,2H3,(H,21,23)/t20-/m1/s1. The number of alkyl carbamates (subject to hydrolysis) is 1. The summed E-state index contributed by atoms with van der Waals surface area (Å²) >= 11 is 0. The van der Waals surface area contributed by atoms with E-state index in [2.05, 4.69) is 11.9 Å². The largest absolute Gasteiger partial charge is 0.459 e. The van der Waals surface area contributed by atoms with Crippen molar-refractivity contribution in [1.82, 2.24) is 5.32 Å². The van der Waals surface area contributed by atoms with Gasteiger partial charge in [-0.2, -0.15) is 0 Å². The summed E-state index contributed by atoms with van der Waals surface area (Å²) in [5.74, 6) is -0.608. The molecule has 0 fully saturated rings. The number of carbonyl (C=O) groups excluding carboxylic acids is 2. The van der Waals surface area contributed by atoms with Crippen molar-refractivity contribution in [2.75, 3.05) is 0 Å². The van der Waals surface area contributed by atoms with Gasteiger partial charge in [-0.1, -0.05) is 66.7 Å². The van der Waals surface area contributed by atoms with Crippen molar-refractivity contribution in [1.29, 1.82) is 0 Å². The van der Waals surface area contributed by atoms with Gasteiger partial charge in [0.2, 0.25) is 0 Å². The topological polar surface area (TPSA) is 64.6 Å². The zero-order valence-corrected chi connectivity index (χ0v) is 14.1. The smallest absolute Gasteiger partial charge is 0.408 e. The van der Waals surface area contributed by atoms with Crippen LogP contribution in [0.2, 0.25) is 0 Å². The monoisotopic (exact) mass is 339 g/mol. The van der Waals surface area contributed by atoms with Crippen molar-refractivity contribution in [2.24, 2.45) is 0 Å². The molecule has 0 heterocycles. The number of esters is 1. The average Bonchev–Trinajstić information content (AvgIpc) is 2.66. The second-order valence-corrected chi connectivity index (χ2v) is 5.65. The molecule has 1 atom stereocenters. The van der Waals surface area contributed by atoms with Crippen LogP contribution in [0.3, 0.4) is 0 Å². The molecule has 0 aliphatic rings. The molecule has 0 aliphatic carbocycles. The lowest BCUT2D eigenvalue weighted by atomic mass is 10.0. The van der Waals surface area contributed by atoms with Crippen LogP contribution in [0.15, 0.2) is 73.3 Å². The van der Waals surface area contributed by atoms with E-state index in [4.69, 9.17) is 9.47 Å². The van der Waals surface area contributed by atoms with E-state index in [9.17, 15) is 9.59 Å². The number of amides is 1. The first-order valence-electron chi connectivity index (χ1n) is 7.87. The fourth-order valence-electron chi connectivity index (χ4n) is 2.03. The molecule has 2 rings (SSSR count). The van der Waals surface area contributed by atoms with E-state index < -0.39 is 17.6 Å². The Balaban J connectivity index is 1.88. The first kappa shape index (κ1) is 18.3. The third-order valence-electron chi connectivity index (χ3n) is 3.62. The maximum Gasteiger partial charge on any atom is 0.408 e. The van der Waals surface area contributed by atoms with Gasteiger partial charge in [-0.25, -0.2) is 9.59 Å². The van der Waals surface area contributed by atoms with E-state index in [1.807, 2.05) is 60.7 Å². The molecule has 2 aromatic rings. The molecule has 0 radical (unpaired) electrons. The molecule has 5 nitrogen and oxygen atoms in total. The molecule has 25 heavy (non-hydrogen) atoms. The van der Waals surface area contributed by atoms with Gasteiger partial charge in [0.15, 0.2) is 5.54 Å². The van der Waals surface area contributed by atoms with E-state index in [1.165, 1.54) is 13.0 Å². The SMILES string of the molecule is C=C[C@@](C)(NC(=O)OCc1ccccc1)C(=O)OCc1ccccc1. The summed E-state index contributed by atoms with van der Waals surface area (Å²) in [4.78, 5) is 24.3. The van der Waals surface area contributed by atoms with E-state index in [1.54, 1.807) is 0 Å². The zero-order chi connectivity index (χ0) is 18.1. The van der Waals surface area contributed by atoms with Crippen molar-refractivity contribution < 1.29 is 19.1 Å². The van der Waals surface area contributed by atoms with Gasteiger partial charge in [0.25, 0.3) is 0 Å². The Kier molecular flexibility index (Phi) is 6.34. The van der Waals surface area contributed by atoms with Crippen LogP contribution in [0.4, 0.5) is 4.79 Å². The van der Waals surface area contributed by atoms with Crippen LogP contribution in [0.1, 0.15) is 18.1 Å². The highest BCUT2D eigenvalue weighted by Gasteiger charge is 2.34. The fraction of sp³-hybridized carbons (Fsp3) is 0.200. The fourth-order valence-corrected chi connectivity index (χ4v) is 2.03. The van der Waals surface area contributed by atoms with Gasteiger partial charge in [-0.05, 0) is 18.1 Å². The Morgan fingerprint density at radius 3 is 1.92 bits per heavy atom. The van der Waals surface area contributed by atoms with Crippen LogP contribution < -0.4 is 5.32 Å². The second kappa shape index (κ2) is 8.68. The van der Waals surface area contributed by atoms with Crippen LogP contribution >= 0.6 is 0 Å². The second-order valence-electron chi connectivity index (χ2n) is 5.65. The average molecular weight is 339 g/mol. The molecule has 1 amide bonds. The molecular formula is C20H21NO4.